The zero-order valence-corrected chi connectivity index (χ0v) is 17.6. The lowest BCUT2D eigenvalue weighted by Gasteiger charge is -2.21. The quantitative estimate of drug-likeness (QED) is 0.387. The third-order valence-electron chi connectivity index (χ3n) is 5.28. The number of hydrogen-bond donors (Lipinski definition) is 2. The predicted molar refractivity (Wildman–Crippen MR) is 112 cm³/mol. The van der Waals surface area contributed by atoms with E-state index in [1.165, 1.54) is 38.3 Å². The fourth-order valence-corrected chi connectivity index (χ4v) is 3.92. The summed E-state index contributed by atoms with van der Waals surface area (Å²) in [6, 6.07) is 3.85. The number of guanidine groups is 1. The number of benzene rings is 1. The van der Waals surface area contributed by atoms with E-state index in [-0.39, 0.29) is 30.5 Å². The average molecular weight is 478 g/mol. The molecule has 2 fully saturated rings. The van der Waals surface area contributed by atoms with Gasteiger partial charge in [-0.05, 0) is 43.4 Å². The Balaban J connectivity index is 0.00000243. The minimum absolute atomic E-state index is 0. The molecule has 0 aromatic heterocycles. The van der Waals surface area contributed by atoms with Crippen LogP contribution in [0.25, 0.3) is 0 Å². The van der Waals surface area contributed by atoms with Crippen molar-refractivity contribution in [2.45, 2.75) is 44.7 Å². The summed E-state index contributed by atoms with van der Waals surface area (Å²) in [5.74, 6) is 0.663. The van der Waals surface area contributed by atoms with Crippen LogP contribution in [0.2, 0.25) is 0 Å². The molecular formula is C19H29F2IN4. The van der Waals surface area contributed by atoms with Crippen molar-refractivity contribution in [3.63, 3.8) is 0 Å². The van der Waals surface area contributed by atoms with Crippen LogP contribution in [0.5, 0.6) is 0 Å². The molecule has 1 saturated heterocycles. The summed E-state index contributed by atoms with van der Waals surface area (Å²) >= 11 is 0. The average Bonchev–Trinajstić information content (AvgIpc) is 3.27. The molecule has 1 heterocycles. The Hall–Kier alpha value is -0.960. The summed E-state index contributed by atoms with van der Waals surface area (Å²) < 4.78 is 26.9. The molecule has 1 saturated carbocycles. The predicted octanol–water partition coefficient (Wildman–Crippen LogP) is 3.51. The van der Waals surface area contributed by atoms with Gasteiger partial charge in [-0.1, -0.05) is 12.8 Å². The van der Waals surface area contributed by atoms with Crippen LogP contribution in [0.4, 0.5) is 8.78 Å². The largest absolute Gasteiger partial charge is 0.352 e. The van der Waals surface area contributed by atoms with Gasteiger partial charge in [-0.15, -0.1) is 24.0 Å². The van der Waals surface area contributed by atoms with Crippen LogP contribution in [-0.4, -0.2) is 43.6 Å². The van der Waals surface area contributed by atoms with Crippen LogP contribution in [0, 0.1) is 17.6 Å². The molecule has 146 valence electrons. The Morgan fingerprint density at radius 1 is 1.23 bits per heavy atom. The third kappa shape index (κ3) is 6.04. The molecule has 2 N–H and O–H groups in total. The molecule has 26 heavy (non-hydrogen) atoms. The molecule has 2 aliphatic rings. The van der Waals surface area contributed by atoms with Gasteiger partial charge in [0.15, 0.2) is 5.96 Å². The Kier molecular flexibility index (Phi) is 8.53. The fourth-order valence-electron chi connectivity index (χ4n) is 3.92. The fraction of sp³-hybridized carbons (Fsp3) is 0.632. The van der Waals surface area contributed by atoms with Crippen molar-refractivity contribution in [3.8, 4) is 0 Å². The molecule has 0 bridgehead atoms. The van der Waals surface area contributed by atoms with Crippen LogP contribution in [0.3, 0.4) is 0 Å². The topological polar surface area (TPSA) is 39.7 Å². The zero-order chi connectivity index (χ0) is 17.6. The Bertz CT molecular complexity index is 605. The van der Waals surface area contributed by atoms with E-state index in [4.69, 9.17) is 0 Å². The van der Waals surface area contributed by atoms with Crippen molar-refractivity contribution in [1.29, 1.82) is 0 Å². The normalized spacial score (nSPS) is 21.7. The molecule has 1 atom stereocenters. The summed E-state index contributed by atoms with van der Waals surface area (Å²) in [5.41, 5.74) is 0.303. The first-order valence-electron chi connectivity index (χ1n) is 9.27. The van der Waals surface area contributed by atoms with Crippen molar-refractivity contribution in [1.82, 2.24) is 15.5 Å². The lowest BCUT2D eigenvalue weighted by Crippen LogP contribution is -2.44. The van der Waals surface area contributed by atoms with Gasteiger partial charge in [-0.25, -0.2) is 8.78 Å². The first kappa shape index (κ1) is 21.3. The maximum Gasteiger partial charge on any atom is 0.191 e. The maximum absolute atomic E-state index is 13.7. The lowest BCUT2D eigenvalue weighted by atomic mass is 10.1. The van der Waals surface area contributed by atoms with Crippen LogP contribution in [-0.2, 0) is 6.54 Å². The molecule has 0 spiro atoms. The highest BCUT2D eigenvalue weighted by Gasteiger charge is 2.26. The van der Waals surface area contributed by atoms with Gasteiger partial charge in [0.25, 0.3) is 0 Å². The molecule has 4 nitrogen and oxygen atoms in total. The zero-order valence-electron chi connectivity index (χ0n) is 15.3. The second-order valence-electron chi connectivity index (χ2n) is 7.20. The van der Waals surface area contributed by atoms with E-state index in [1.807, 2.05) is 0 Å². The first-order chi connectivity index (χ1) is 12.1. The minimum Gasteiger partial charge on any atom is -0.352 e. The van der Waals surface area contributed by atoms with Crippen LogP contribution >= 0.6 is 24.0 Å². The molecular weight excluding hydrogens is 449 g/mol. The van der Waals surface area contributed by atoms with E-state index in [0.717, 1.165) is 37.6 Å². The third-order valence-corrected chi connectivity index (χ3v) is 5.28. The summed E-state index contributed by atoms with van der Waals surface area (Å²) in [7, 11) is 1.70. The Morgan fingerprint density at radius 2 is 2.00 bits per heavy atom. The van der Waals surface area contributed by atoms with E-state index in [0.29, 0.717) is 17.6 Å². The summed E-state index contributed by atoms with van der Waals surface area (Å²) in [6.07, 6.45) is 6.59. The van der Waals surface area contributed by atoms with Gasteiger partial charge < -0.3 is 15.5 Å². The number of halogens is 3. The monoisotopic (exact) mass is 478 g/mol. The van der Waals surface area contributed by atoms with Gasteiger partial charge in [0.2, 0.25) is 0 Å². The molecule has 1 aromatic carbocycles. The van der Waals surface area contributed by atoms with Crippen molar-refractivity contribution in [2.75, 3.05) is 26.7 Å². The number of rotatable bonds is 5. The van der Waals surface area contributed by atoms with Crippen LogP contribution in [0.1, 0.15) is 37.7 Å². The maximum atomic E-state index is 13.7. The van der Waals surface area contributed by atoms with Gasteiger partial charge in [0.05, 0.1) is 0 Å². The summed E-state index contributed by atoms with van der Waals surface area (Å²) in [6.45, 7) is 3.55. The molecule has 7 heteroatoms. The second-order valence-corrected chi connectivity index (χ2v) is 7.20. The van der Waals surface area contributed by atoms with Gasteiger partial charge in [0, 0.05) is 44.8 Å². The highest BCUT2D eigenvalue weighted by molar-refractivity contribution is 14.0. The number of nitrogens with zero attached hydrogens (tertiary/aromatic N) is 2. The molecule has 1 aromatic rings. The smallest absolute Gasteiger partial charge is 0.191 e. The summed E-state index contributed by atoms with van der Waals surface area (Å²) in [5, 5.41) is 6.49. The highest BCUT2D eigenvalue weighted by atomic mass is 127. The van der Waals surface area contributed by atoms with Crippen LogP contribution < -0.4 is 10.6 Å². The first-order valence-corrected chi connectivity index (χ1v) is 9.27. The van der Waals surface area contributed by atoms with Gasteiger partial charge in [0.1, 0.15) is 11.6 Å². The minimum atomic E-state index is -0.431. The molecule has 1 aliphatic heterocycles. The van der Waals surface area contributed by atoms with Gasteiger partial charge in [-0.3, -0.25) is 4.99 Å². The molecule has 0 radical (unpaired) electrons. The Labute approximate surface area is 171 Å². The molecule has 0 amide bonds. The molecule has 3 rings (SSSR count). The van der Waals surface area contributed by atoms with E-state index in [1.54, 1.807) is 7.05 Å². The van der Waals surface area contributed by atoms with Crippen LogP contribution in [0.15, 0.2) is 23.2 Å². The number of hydrogen-bond acceptors (Lipinski definition) is 2. The highest BCUT2D eigenvalue weighted by Crippen LogP contribution is 2.26. The van der Waals surface area contributed by atoms with E-state index >= 15 is 0 Å². The van der Waals surface area contributed by atoms with Gasteiger partial charge in [-0.2, -0.15) is 0 Å². The van der Waals surface area contributed by atoms with E-state index in [2.05, 4.69) is 20.5 Å². The van der Waals surface area contributed by atoms with E-state index in [9.17, 15) is 8.78 Å². The molecule has 1 unspecified atom stereocenters. The SMILES string of the molecule is CN=C(NCc1cc(F)ccc1F)NC1CCN(CC2CCCC2)C1.I. The standard InChI is InChI=1S/C19H28F2N4.HI/c1-22-19(23-11-15-10-16(20)6-7-18(15)21)24-17-8-9-25(13-17)12-14-4-2-3-5-14;/h6-7,10,14,17H,2-5,8-9,11-13H2,1H3,(H2,22,23,24);1H. The Morgan fingerprint density at radius 3 is 2.73 bits per heavy atom. The van der Waals surface area contributed by atoms with Crippen molar-refractivity contribution in [3.05, 3.63) is 35.4 Å². The lowest BCUT2D eigenvalue weighted by molar-refractivity contribution is 0.275. The van der Waals surface area contributed by atoms with Gasteiger partial charge >= 0.3 is 0 Å². The van der Waals surface area contributed by atoms with E-state index < -0.39 is 11.6 Å². The number of likely N-dealkylation sites (tertiary alicyclic amines) is 1. The number of nitrogens with one attached hydrogen (secondary N) is 2. The number of aliphatic imine (C=N–C) groups is 1. The molecule has 1 aliphatic carbocycles. The van der Waals surface area contributed by atoms with Crippen molar-refractivity contribution in [2.24, 2.45) is 10.9 Å². The van der Waals surface area contributed by atoms with Crippen molar-refractivity contribution < 1.29 is 8.78 Å². The van der Waals surface area contributed by atoms with Crippen molar-refractivity contribution >= 4 is 29.9 Å². The second kappa shape index (κ2) is 10.4. The summed E-state index contributed by atoms with van der Waals surface area (Å²) in [4.78, 5) is 6.74.